The zero-order valence-electron chi connectivity index (χ0n) is 4.76. The molecule has 3 aliphatic rings. The Labute approximate surface area is 53.4 Å². The summed E-state index contributed by atoms with van der Waals surface area (Å²) in [6.07, 6.45) is 3.03. The highest BCUT2D eigenvalue weighted by Gasteiger charge is 2.63. The molecule has 2 heteroatoms. The van der Waals surface area contributed by atoms with Crippen LogP contribution in [0.5, 0.6) is 0 Å². The van der Waals surface area contributed by atoms with E-state index in [1.807, 2.05) is 0 Å². The highest BCUT2D eigenvalue weighted by molar-refractivity contribution is 8.01. The van der Waals surface area contributed by atoms with Crippen molar-refractivity contribution in [3.63, 3.8) is 0 Å². The molecule has 1 spiro atoms. The fraction of sp³-hybridized carbons (Fsp3) is 1.00. The zero-order chi connectivity index (χ0) is 5.19. The molecule has 0 aromatic rings. The van der Waals surface area contributed by atoms with Gasteiger partial charge in [0.1, 0.15) is 0 Å². The molecule has 2 heterocycles. The molecule has 0 aromatic heterocycles. The number of nitrogens with zero attached hydrogens (tertiary/aromatic N) is 1. The Morgan fingerprint density at radius 1 is 1.50 bits per heavy atom. The maximum atomic E-state index is 2.58. The molecule has 0 amide bonds. The minimum atomic E-state index is 0.819. The molecule has 0 aromatic carbocycles. The van der Waals surface area contributed by atoms with Gasteiger partial charge < -0.3 is 0 Å². The first-order valence-electron chi connectivity index (χ1n) is 3.29. The van der Waals surface area contributed by atoms with Gasteiger partial charge in [-0.25, -0.2) is 0 Å². The summed E-state index contributed by atoms with van der Waals surface area (Å²) < 4.78 is 0.819. The van der Waals surface area contributed by atoms with Crippen molar-refractivity contribution in [3.8, 4) is 0 Å². The van der Waals surface area contributed by atoms with Gasteiger partial charge in [-0.05, 0) is 12.8 Å². The van der Waals surface area contributed by atoms with Gasteiger partial charge in [0.25, 0.3) is 0 Å². The smallest absolute Gasteiger partial charge is 0.0455 e. The van der Waals surface area contributed by atoms with E-state index in [9.17, 15) is 0 Å². The van der Waals surface area contributed by atoms with Crippen LogP contribution in [-0.2, 0) is 0 Å². The van der Waals surface area contributed by atoms with Gasteiger partial charge in [0, 0.05) is 23.2 Å². The van der Waals surface area contributed by atoms with Crippen LogP contribution in [0.15, 0.2) is 0 Å². The summed E-state index contributed by atoms with van der Waals surface area (Å²) in [5, 5.41) is 0. The van der Waals surface area contributed by atoms with Crippen LogP contribution >= 0.6 is 11.8 Å². The number of thioether (sulfide) groups is 1. The van der Waals surface area contributed by atoms with Crippen molar-refractivity contribution in [2.45, 2.75) is 23.6 Å². The quantitative estimate of drug-likeness (QED) is 0.445. The number of hydrogen-bond acceptors (Lipinski definition) is 2. The van der Waals surface area contributed by atoms with Gasteiger partial charge in [-0.3, -0.25) is 4.90 Å². The molecule has 8 heavy (non-hydrogen) atoms. The van der Waals surface area contributed by atoms with Crippen LogP contribution in [0, 0.1) is 0 Å². The van der Waals surface area contributed by atoms with Gasteiger partial charge in [0.15, 0.2) is 0 Å². The van der Waals surface area contributed by atoms with E-state index in [1.165, 1.54) is 25.3 Å². The van der Waals surface area contributed by atoms with Crippen molar-refractivity contribution in [3.05, 3.63) is 0 Å². The Balaban J connectivity index is 1.99. The summed E-state index contributed by atoms with van der Waals surface area (Å²) in [5.74, 6) is 1.34. The molecule has 0 N–H and O–H groups in total. The minimum Gasteiger partial charge on any atom is -0.287 e. The Kier molecular flexibility index (Phi) is 0.507. The predicted molar refractivity (Wildman–Crippen MR) is 34.9 cm³/mol. The first-order chi connectivity index (χ1) is 3.91. The summed E-state index contributed by atoms with van der Waals surface area (Å²) in [4.78, 5) is 2.58. The molecule has 1 saturated carbocycles. The summed E-state index contributed by atoms with van der Waals surface area (Å²) >= 11 is 2.19. The highest BCUT2D eigenvalue weighted by atomic mass is 32.2. The molecule has 0 radical (unpaired) electrons. The van der Waals surface area contributed by atoms with E-state index in [0.717, 1.165) is 10.8 Å². The molecule has 2 saturated heterocycles. The maximum Gasteiger partial charge on any atom is 0.0455 e. The van der Waals surface area contributed by atoms with Crippen molar-refractivity contribution >= 4 is 11.8 Å². The van der Waals surface area contributed by atoms with Gasteiger partial charge in [-0.2, -0.15) is 0 Å². The second kappa shape index (κ2) is 0.971. The van der Waals surface area contributed by atoms with E-state index in [4.69, 9.17) is 0 Å². The molecule has 3 rings (SSSR count). The van der Waals surface area contributed by atoms with Crippen LogP contribution < -0.4 is 0 Å². The molecule has 3 fully saturated rings. The normalized spacial score (nSPS) is 54.0. The third kappa shape index (κ3) is 0.327. The molecule has 2 atom stereocenters. The molecule has 2 aliphatic heterocycles. The minimum absolute atomic E-state index is 0.819. The van der Waals surface area contributed by atoms with Crippen LogP contribution in [0.1, 0.15) is 12.8 Å². The molecule has 1 aliphatic carbocycles. The van der Waals surface area contributed by atoms with E-state index < -0.39 is 0 Å². The van der Waals surface area contributed by atoms with Gasteiger partial charge in [0.2, 0.25) is 0 Å². The monoisotopic (exact) mass is 127 g/mol. The Morgan fingerprint density at radius 3 is 2.62 bits per heavy atom. The van der Waals surface area contributed by atoms with Crippen LogP contribution in [0.4, 0.5) is 0 Å². The number of fused-ring (bicyclic) bond motifs is 2. The number of rotatable bonds is 0. The first kappa shape index (κ1) is 4.18. The van der Waals surface area contributed by atoms with E-state index in [0.29, 0.717) is 0 Å². The van der Waals surface area contributed by atoms with Crippen molar-refractivity contribution < 1.29 is 0 Å². The van der Waals surface area contributed by atoms with Gasteiger partial charge in [0.05, 0.1) is 0 Å². The average molecular weight is 127 g/mol. The lowest BCUT2D eigenvalue weighted by molar-refractivity contribution is 0.609. The fourth-order valence-electron chi connectivity index (χ4n) is 1.73. The topological polar surface area (TPSA) is 3.01 Å². The van der Waals surface area contributed by atoms with E-state index >= 15 is 0 Å². The second-order valence-corrected chi connectivity index (χ2v) is 4.49. The van der Waals surface area contributed by atoms with E-state index in [-0.39, 0.29) is 0 Å². The molecular weight excluding hydrogens is 118 g/mol. The lowest BCUT2D eigenvalue weighted by Crippen LogP contribution is -2.07. The fourth-order valence-corrected chi connectivity index (χ4v) is 3.24. The van der Waals surface area contributed by atoms with Crippen LogP contribution in [0.3, 0.4) is 0 Å². The predicted octanol–water partition coefficient (Wildman–Crippen LogP) is 0.908. The second-order valence-electron chi connectivity index (χ2n) is 3.13. The molecule has 44 valence electrons. The Bertz CT molecular complexity index is 141. The van der Waals surface area contributed by atoms with E-state index in [1.54, 1.807) is 0 Å². The third-order valence-corrected chi connectivity index (χ3v) is 4.30. The van der Waals surface area contributed by atoms with Crippen LogP contribution in [-0.4, -0.2) is 28.1 Å². The Hall–Kier alpha value is 0.310. The largest absolute Gasteiger partial charge is 0.287 e. The molecule has 0 bridgehead atoms. The van der Waals surface area contributed by atoms with Gasteiger partial charge in [-0.1, -0.05) is 0 Å². The lowest BCUT2D eigenvalue weighted by Gasteiger charge is -2.01. The molecule has 2 unspecified atom stereocenters. The SMILES string of the molecule is C1SC2(CC2)C2CN12. The zero-order valence-corrected chi connectivity index (χ0v) is 5.58. The van der Waals surface area contributed by atoms with Crippen molar-refractivity contribution in [1.29, 1.82) is 0 Å². The maximum absolute atomic E-state index is 2.58. The summed E-state index contributed by atoms with van der Waals surface area (Å²) in [6, 6.07) is 1.03. The van der Waals surface area contributed by atoms with Crippen LogP contribution in [0.2, 0.25) is 0 Å². The third-order valence-electron chi connectivity index (χ3n) is 2.58. The highest BCUT2D eigenvalue weighted by Crippen LogP contribution is 2.62. The summed E-state index contributed by atoms with van der Waals surface area (Å²) in [5.41, 5.74) is 0. The summed E-state index contributed by atoms with van der Waals surface area (Å²) in [7, 11) is 0. The van der Waals surface area contributed by atoms with E-state index in [2.05, 4.69) is 16.7 Å². The number of hydrogen-bond donors (Lipinski definition) is 0. The standard InChI is InChI=1S/C6H9NS/c1-2-6(1)5-3-7(5)4-8-6/h5H,1-4H2. The Morgan fingerprint density at radius 2 is 2.38 bits per heavy atom. The van der Waals surface area contributed by atoms with Crippen molar-refractivity contribution in [2.24, 2.45) is 0 Å². The van der Waals surface area contributed by atoms with Crippen molar-refractivity contribution in [2.75, 3.05) is 12.4 Å². The van der Waals surface area contributed by atoms with Gasteiger partial charge >= 0.3 is 0 Å². The average Bonchev–Trinajstić information content (AvgIpc) is 2.46. The van der Waals surface area contributed by atoms with Gasteiger partial charge in [-0.15, -0.1) is 11.8 Å². The van der Waals surface area contributed by atoms with Crippen molar-refractivity contribution in [1.82, 2.24) is 4.90 Å². The molecule has 1 nitrogen and oxygen atoms in total. The summed E-state index contributed by atoms with van der Waals surface area (Å²) in [6.45, 7) is 1.42. The van der Waals surface area contributed by atoms with Crippen LogP contribution in [0.25, 0.3) is 0 Å². The first-order valence-corrected chi connectivity index (χ1v) is 4.27. The molecular formula is C6H9NS. The lowest BCUT2D eigenvalue weighted by atomic mass is 10.3.